The summed E-state index contributed by atoms with van der Waals surface area (Å²) in [5, 5.41) is 9.04. The minimum atomic E-state index is -0.740. The predicted molar refractivity (Wildman–Crippen MR) is 102 cm³/mol. The zero-order valence-corrected chi connectivity index (χ0v) is 15.9. The Morgan fingerprint density at radius 3 is 2.43 bits per heavy atom. The van der Waals surface area contributed by atoms with E-state index in [0.29, 0.717) is 12.2 Å². The molecular weight excluding hydrogens is 360 g/mol. The van der Waals surface area contributed by atoms with Gasteiger partial charge in [0.1, 0.15) is 0 Å². The molecule has 8 heteroatoms. The van der Waals surface area contributed by atoms with Crippen LogP contribution in [-0.2, 0) is 22.4 Å². The Morgan fingerprint density at radius 1 is 0.964 bits per heavy atom. The van der Waals surface area contributed by atoms with Crippen LogP contribution >= 0.6 is 0 Å². The van der Waals surface area contributed by atoms with Crippen molar-refractivity contribution >= 4 is 22.8 Å². The van der Waals surface area contributed by atoms with Crippen molar-refractivity contribution in [3.8, 4) is 0 Å². The molecule has 28 heavy (non-hydrogen) atoms. The van der Waals surface area contributed by atoms with E-state index < -0.39 is 11.9 Å². The lowest BCUT2D eigenvalue weighted by Gasteiger charge is -2.08. The lowest BCUT2D eigenvalue weighted by molar-refractivity contribution is 0.0465. The van der Waals surface area contributed by atoms with E-state index in [1.54, 1.807) is 13.8 Å². The van der Waals surface area contributed by atoms with Crippen molar-refractivity contribution in [3.05, 3.63) is 53.7 Å². The highest BCUT2D eigenvalue weighted by atomic mass is 16.5. The van der Waals surface area contributed by atoms with Gasteiger partial charge in [-0.1, -0.05) is 18.2 Å². The molecule has 0 amide bonds. The Bertz CT molecular complexity index is 983. The third-order valence-corrected chi connectivity index (χ3v) is 4.15. The number of hydrogen-bond donors (Lipinski definition) is 0. The van der Waals surface area contributed by atoms with Gasteiger partial charge in [0.15, 0.2) is 11.5 Å². The van der Waals surface area contributed by atoms with Gasteiger partial charge in [-0.15, -0.1) is 10.2 Å². The molecule has 2 aromatic heterocycles. The molecule has 0 saturated carbocycles. The number of carbonyl (C=O) groups excluding carboxylic acids is 2. The van der Waals surface area contributed by atoms with E-state index in [1.807, 2.05) is 18.3 Å². The number of esters is 2. The zero-order valence-electron chi connectivity index (χ0n) is 15.9. The number of para-hydroxylation sites is 1. The molecule has 1 aromatic carbocycles. The van der Waals surface area contributed by atoms with Crippen LogP contribution in [0.5, 0.6) is 0 Å². The Kier molecular flexibility index (Phi) is 6.31. The average molecular weight is 382 g/mol. The van der Waals surface area contributed by atoms with E-state index in [1.165, 1.54) is 5.39 Å². The number of hydrogen-bond acceptors (Lipinski definition) is 7. The van der Waals surface area contributed by atoms with E-state index >= 15 is 0 Å². The fraction of sp³-hybridized carbons (Fsp3) is 0.350. The van der Waals surface area contributed by atoms with Crippen LogP contribution < -0.4 is 0 Å². The molecule has 0 radical (unpaired) electrons. The van der Waals surface area contributed by atoms with Crippen LogP contribution in [0.1, 0.15) is 47.1 Å². The van der Waals surface area contributed by atoms with Gasteiger partial charge >= 0.3 is 11.9 Å². The number of aryl methyl sites for hydroxylation is 2. The third-order valence-electron chi connectivity index (χ3n) is 4.15. The number of carbonyl (C=O) groups is 2. The molecule has 8 nitrogen and oxygen atoms in total. The molecule has 146 valence electrons. The molecule has 0 bridgehead atoms. The van der Waals surface area contributed by atoms with Crippen molar-refractivity contribution in [2.45, 2.75) is 33.2 Å². The summed E-state index contributed by atoms with van der Waals surface area (Å²) in [5.41, 5.74) is 0.781. The summed E-state index contributed by atoms with van der Waals surface area (Å²) in [7, 11) is 0. The van der Waals surface area contributed by atoms with Gasteiger partial charge in [-0.3, -0.25) is 0 Å². The summed E-state index contributed by atoms with van der Waals surface area (Å²) >= 11 is 0. The summed E-state index contributed by atoms with van der Waals surface area (Å²) < 4.78 is 12.1. The summed E-state index contributed by atoms with van der Waals surface area (Å²) in [6.45, 7) is 4.45. The SMILES string of the molecule is CCOC(=O)c1nnc(CCCn2ccc3ccccc32)nc1C(=O)OCC. The standard InChI is InChI=1S/C20H22N4O4/c1-3-27-19(25)17-18(20(26)28-4-2)23-22-16(21-17)10-7-12-24-13-11-14-8-5-6-9-15(14)24/h5-6,8-9,11,13H,3-4,7,10,12H2,1-2H3. The van der Waals surface area contributed by atoms with Crippen LogP contribution in [0.4, 0.5) is 0 Å². The van der Waals surface area contributed by atoms with Crippen LogP contribution in [-0.4, -0.2) is 44.9 Å². The Hall–Kier alpha value is -3.29. The molecule has 0 atom stereocenters. The first-order valence-corrected chi connectivity index (χ1v) is 9.25. The number of fused-ring (bicyclic) bond motifs is 1. The van der Waals surface area contributed by atoms with Crippen LogP contribution in [0, 0.1) is 0 Å². The fourth-order valence-corrected chi connectivity index (χ4v) is 2.89. The number of aromatic nitrogens is 4. The molecule has 0 aliphatic rings. The van der Waals surface area contributed by atoms with E-state index in [0.717, 1.165) is 18.5 Å². The second-order valence-corrected chi connectivity index (χ2v) is 6.04. The molecule has 0 unspecified atom stereocenters. The first-order valence-electron chi connectivity index (χ1n) is 9.25. The molecule has 0 aliphatic carbocycles. The first-order chi connectivity index (χ1) is 13.6. The number of nitrogens with zero attached hydrogens (tertiary/aromatic N) is 4. The minimum absolute atomic E-state index is 0.156. The molecule has 0 saturated heterocycles. The van der Waals surface area contributed by atoms with Crippen LogP contribution in [0.2, 0.25) is 0 Å². The quantitative estimate of drug-likeness (QED) is 0.553. The molecule has 0 N–H and O–H groups in total. The van der Waals surface area contributed by atoms with Gasteiger partial charge in [0.25, 0.3) is 0 Å². The van der Waals surface area contributed by atoms with Gasteiger partial charge in [0, 0.05) is 24.7 Å². The van der Waals surface area contributed by atoms with Gasteiger partial charge in [-0.2, -0.15) is 0 Å². The summed E-state index contributed by atoms with van der Waals surface area (Å²) in [5.74, 6) is -1.07. The highest BCUT2D eigenvalue weighted by Crippen LogP contribution is 2.16. The van der Waals surface area contributed by atoms with Crippen molar-refractivity contribution in [1.29, 1.82) is 0 Å². The van der Waals surface area contributed by atoms with Gasteiger partial charge < -0.3 is 14.0 Å². The maximum Gasteiger partial charge on any atom is 0.361 e. The molecule has 0 spiro atoms. The topological polar surface area (TPSA) is 96.2 Å². The highest BCUT2D eigenvalue weighted by Gasteiger charge is 2.24. The smallest absolute Gasteiger partial charge is 0.361 e. The minimum Gasteiger partial charge on any atom is -0.461 e. The normalized spacial score (nSPS) is 10.8. The number of rotatable bonds is 8. The van der Waals surface area contributed by atoms with Crippen LogP contribution in [0.25, 0.3) is 10.9 Å². The van der Waals surface area contributed by atoms with Crippen molar-refractivity contribution in [3.63, 3.8) is 0 Å². The molecular formula is C20H22N4O4. The van der Waals surface area contributed by atoms with E-state index in [9.17, 15) is 9.59 Å². The molecule has 0 aliphatic heterocycles. The molecule has 3 aromatic rings. The summed E-state index contributed by atoms with van der Waals surface area (Å²) in [6, 6.07) is 10.2. The molecule has 3 rings (SSSR count). The van der Waals surface area contributed by atoms with Crippen molar-refractivity contribution in [2.75, 3.05) is 13.2 Å². The van der Waals surface area contributed by atoms with E-state index in [2.05, 4.69) is 37.9 Å². The van der Waals surface area contributed by atoms with Crippen LogP contribution in [0.3, 0.4) is 0 Å². The number of ether oxygens (including phenoxy) is 2. The lowest BCUT2D eigenvalue weighted by Crippen LogP contribution is -2.20. The highest BCUT2D eigenvalue weighted by molar-refractivity contribution is 6.00. The Morgan fingerprint density at radius 2 is 1.68 bits per heavy atom. The fourth-order valence-electron chi connectivity index (χ4n) is 2.89. The maximum atomic E-state index is 12.2. The first kappa shape index (κ1) is 19.5. The third kappa shape index (κ3) is 4.33. The molecule has 2 heterocycles. The lowest BCUT2D eigenvalue weighted by atomic mass is 10.2. The van der Waals surface area contributed by atoms with Crippen LogP contribution in [0.15, 0.2) is 36.5 Å². The Balaban J connectivity index is 1.73. The van der Waals surface area contributed by atoms with Crippen molar-refractivity contribution < 1.29 is 19.1 Å². The number of benzene rings is 1. The van der Waals surface area contributed by atoms with Gasteiger partial charge in [0.05, 0.1) is 13.2 Å². The summed E-state index contributed by atoms with van der Waals surface area (Å²) in [6.07, 6.45) is 3.30. The second kappa shape index (κ2) is 9.07. The maximum absolute atomic E-state index is 12.2. The van der Waals surface area contributed by atoms with Crippen molar-refractivity contribution in [2.24, 2.45) is 0 Å². The Labute approximate surface area is 162 Å². The average Bonchev–Trinajstić information content (AvgIpc) is 3.11. The molecule has 0 fully saturated rings. The van der Waals surface area contributed by atoms with Gasteiger partial charge in [-0.25, -0.2) is 14.6 Å². The summed E-state index contributed by atoms with van der Waals surface area (Å²) in [4.78, 5) is 28.4. The second-order valence-electron chi connectivity index (χ2n) is 6.04. The van der Waals surface area contributed by atoms with E-state index in [4.69, 9.17) is 9.47 Å². The largest absolute Gasteiger partial charge is 0.461 e. The van der Waals surface area contributed by atoms with Gasteiger partial charge in [0.2, 0.25) is 5.69 Å². The zero-order chi connectivity index (χ0) is 19.9. The predicted octanol–water partition coefficient (Wildman–Crippen LogP) is 2.81. The van der Waals surface area contributed by atoms with Gasteiger partial charge in [-0.05, 0) is 37.8 Å². The van der Waals surface area contributed by atoms with E-state index in [-0.39, 0.29) is 24.6 Å². The van der Waals surface area contributed by atoms with Crippen molar-refractivity contribution in [1.82, 2.24) is 19.7 Å². The monoisotopic (exact) mass is 382 g/mol.